The van der Waals surface area contributed by atoms with Crippen molar-refractivity contribution >= 4 is 22.6 Å². The molecule has 0 atom stereocenters. The van der Waals surface area contributed by atoms with Crippen LogP contribution in [0.3, 0.4) is 0 Å². The van der Waals surface area contributed by atoms with Gasteiger partial charge >= 0.3 is 0 Å². The summed E-state index contributed by atoms with van der Waals surface area (Å²) in [6, 6.07) is 18.9. The van der Waals surface area contributed by atoms with Crippen molar-refractivity contribution in [1.82, 2.24) is 37.5 Å². The first-order valence-electron chi connectivity index (χ1n) is 20.8. The average molecular weight is 761 g/mol. The molecule has 8 aromatic rings. The molecule has 0 unspecified atom stereocenters. The van der Waals surface area contributed by atoms with Gasteiger partial charge in [0.25, 0.3) is 0 Å². The highest BCUT2D eigenvalue weighted by Gasteiger charge is 2.05. The molecule has 304 valence electrons. The van der Waals surface area contributed by atoms with Gasteiger partial charge < -0.3 is 17.6 Å². The third kappa shape index (κ3) is 14.1. The van der Waals surface area contributed by atoms with Crippen LogP contribution < -0.4 is 0 Å². The van der Waals surface area contributed by atoms with E-state index in [-0.39, 0.29) is 0 Å². The highest BCUT2D eigenvalue weighted by Crippen LogP contribution is 2.19. The second-order valence-corrected chi connectivity index (χ2v) is 13.2. The summed E-state index contributed by atoms with van der Waals surface area (Å²) in [5.74, 6) is 2.24. The second-order valence-electron chi connectivity index (χ2n) is 13.2. The molecular formula is C48H72N8. The van der Waals surface area contributed by atoms with E-state index in [0.29, 0.717) is 23.7 Å². The van der Waals surface area contributed by atoms with Crippen LogP contribution >= 0.6 is 0 Å². The number of nitrogens with zero attached hydrogens (tertiary/aromatic N) is 8. The fourth-order valence-electron chi connectivity index (χ4n) is 5.43. The molecule has 0 radical (unpaired) electrons. The van der Waals surface area contributed by atoms with E-state index in [1.165, 1.54) is 22.4 Å². The zero-order valence-electron chi connectivity index (χ0n) is 37.4. The quantitative estimate of drug-likeness (QED) is 0.179. The molecule has 0 aliphatic heterocycles. The van der Waals surface area contributed by atoms with Crippen LogP contribution in [0.1, 0.15) is 157 Å². The van der Waals surface area contributed by atoms with E-state index in [4.69, 9.17) is 0 Å². The van der Waals surface area contributed by atoms with Gasteiger partial charge in [-0.1, -0.05) is 129 Å². The molecule has 0 spiro atoms. The summed E-state index contributed by atoms with van der Waals surface area (Å²) in [7, 11) is 0. The van der Waals surface area contributed by atoms with E-state index in [1.807, 2.05) is 122 Å². The van der Waals surface area contributed by atoms with E-state index in [1.54, 1.807) is 0 Å². The number of fused-ring (bicyclic) bond motifs is 4. The molecule has 0 aliphatic rings. The summed E-state index contributed by atoms with van der Waals surface area (Å²) in [4.78, 5) is 16.9. The lowest BCUT2D eigenvalue weighted by molar-refractivity contribution is 0.801. The number of imidazole rings is 4. The summed E-state index contributed by atoms with van der Waals surface area (Å²) in [6.45, 7) is 33.5. The maximum atomic E-state index is 4.30. The predicted molar refractivity (Wildman–Crippen MR) is 243 cm³/mol. The molecule has 8 aromatic heterocycles. The van der Waals surface area contributed by atoms with Crippen LogP contribution in [-0.2, 0) is 0 Å². The number of hydrogen-bond acceptors (Lipinski definition) is 4. The minimum absolute atomic E-state index is 0.538. The SMILES string of the molecule is CC.CC.CC.CC.CC(C)c1ccc2nccn2c1.CC(C)c1cccc2nccn12.CC(C)c1cccn2ccnc12.CC(C)c1ccn2ccnc2c1. The van der Waals surface area contributed by atoms with Crippen molar-refractivity contribution in [2.24, 2.45) is 0 Å². The summed E-state index contributed by atoms with van der Waals surface area (Å²) >= 11 is 0. The van der Waals surface area contributed by atoms with Crippen LogP contribution in [0.15, 0.2) is 123 Å². The molecule has 0 aromatic carbocycles. The molecular weight excluding hydrogens is 689 g/mol. The Balaban J connectivity index is 0.000000352. The van der Waals surface area contributed by atoms with Crippen LogP contribution in [0.25, 0.3) is 22.6 Å². The van der Waals surface area contributed by atoms with Gasteiger partial charge in [0.1, 0.15) is 22.6 Å². The monoisotopic (exact) mass is 761 g/mol. The van der Waals surface area contributed by atoms with Crippen molar-refractivity contribution in [3.05, 3.63) is 145 Å². The van der Waals surface area contributed by atoms with Crippen molar-refractivity contribution in [3.8, 4) is 0 Å². The standard InChI is InChI=1S/4C10H12N2.4C2H6/c1-8(2)9-3-5-12-6-4-11-10(12)7-9;1-8(2)9-3-4-10-11-5-6-12(10)7-9;1-8(2)9-4-3-6-12-7-5-11-10(9)12;1-8(2)9-4-3-5-10-11-6-7-12(9)10;4*1-2/h4*3-8H,1-2H3;4*1-2H3. The van der Waals surface area contributed by atoms with E-state index in [2.05, 4.69) is 149 Å². The molecule has 8 heteroatoms. The van der Waals surface area contributed by atoms with Crippen LogP contribution in [0.5, 0.6) is 0 Å². The normalized spacial score (nSPS) is 10.1. The van der Waals surface area contributed by atoms with Crippen molar-refractivity contribution in [2.45, 2.75) is 134 Å². The highest BCUT2D eigenvalue weighted by molar-refractivity contribution is 5.49. The van der Waals surface area contributed by atoms with Gasteiger partial charge in [-0.15, -0.1) is 0 Å². The van der Waals surface area contributed by atoms with E-state index < -0.39 is 0 Å². The van der Waals surface area contributed by atoms with Crippen molar-refractivity contribution in [1.29, 1.82) is 0 Å². The maximum Gasteiger partial charge on any atom is 0.140 e. The Hall–Kier alpha value is -5.24. The molecule has 0 bridgehead atoms. The zero-order chi connectivity index (χ0) is 42.2. The maximum absolute atomic E-state index is 4.30. The van der Waals surface area contributed by atoms with E-state index in [0.717, 1.165) is 22.6 Å². The first-order chi connectivity index (χ1) is 27.1. The van der Waals surface area contributed by atoms with Gasteiger partial charge in [-0.25, -0.2) is 19.9 Å². The van der Waals surface area contributed by atoms with Crippen molar-refractivity contribution in [2.75, 3.05) is 0 Å². The van der Waals surface area contributed by atoms with Crippen molar-refractivity contribution in [3.63, 3.8) is 0 Å². The largest absolute Gasteiger partial charge is 0.307 e. The molecule has 8 nitrogen and oxygen atoms in total. The van der Waals surface area contributed by atoms with Gasteiger partial charge in [0, 0.05) is 73.9 Å². The van der Waals surface area contributed by atoms with Crippen molar-refractivity contribution < 1.29 is 0 Å². The summed E-state index contributed by atoms with van der Waals surface area (Å²) in [6.07, 6.45) is 21.4. The van der Waals surface area contributed by atoms with Gasteiger partial charge in [-0.3, -0.25) is 0 Å². The lowest BCUT2D eigenvalue weighted by atomic mass is 10.1. The van der Waals surface area contributed by atoms with Gasteiger partial charge in [-0.2, -0.15) is 0 Å². The molecule has 8 heterocycles. The average Bonchev–Trinajstić information content (AvgIpc) is 4.08. The van der Waals surface area contributed by atoms with Crippen LogP contribution in [-0.4, -0.2) is 37.5 Å². The Morgan fingerprint density at radius 3 is 1.61 bits per heavy atom. The van der Waals surface area contributed by atoms with Gasteiger partial charge in [0.15, 0.2) is 0 Å². The first-order valence-corrected chi connectivity index (χ1v) is 20.8. The molecule has 0 amide bonds. The highest BCUT2D eigenvalue weighted by atomic mass is 15.0. The third-order valence-electron chi connectivity index (χ3n) is 8.29. The first kappa shape index (κ1) is 48.8. The van der Waals surface area contributed by atoms with E-state index >= 15 is 0 Å². The summed E-state index contributed by atoms with van der Waals surface area (Å²) in [5, 5.41) is 0. The molecule has 0 N–H and O–H groups in total. The molecule has 56 heavy (non-hydrogen) atoms. The zero-order valence-corrected chi connectivity index (χ0v) is 37.4. The lowest BCUT2D eigenvalue weighted by Gasteiger charge is -2.07. The molecule has 0 saturated heterocycles. The fraction of sp³-hybridized carbons (Fsp3) is 0.417. The minimum atomic E-state index is 0.538. The third-order valence-corrected chi connectivity index (χ3v) is 8.29. The summed E-state index contributed by atoms with van der Waals surface area (Å²) in [5.41, 5.74) is 9.45. The van der Waals surface area contributed by atoms with Crippen LogP contribution in [0, 0.1) is 0 Å². The van der Waals surface area contributed by atoms with Gasteiger partial charge in [-0.05, 0) is 76.8 Å². The second kappa shape index (κ2) is 26.5. The predicted octanol–water partition coefficient (Wildman–Crippen LogP) is 13.9. The van der Waals surface area contributed by atoms with Gasteiger partial charge in [0.05, 0.1) is 0 Å². The summed E-state index contributed by atoms with van der Waals surface area (Å²) < 4.78 is 8.25. The van der Waals surface area contributed by atoms with E-state index in [9.17, 15) is 0 Å². The molecule has 8 rings (SSSR count). The Labute approximate surface area is 338 Å². The van der Waals surface area contributed by atoms with Crippen LogP contribution in [0.4, 0.5) is 0 Å². The van der Waals surface area contributed by atoms with Gasteiger partial charge in [0.2, 0.25) is 0 Å². The Morgan fingerprint density at radius 2 is 0.982 bits per heavy atom. The lowest BCUT2D eigenvalue weighted by Crippen LogP contribution is -1.96. The minimum Gasteiger partial charge on any atom is -0.307 e. The molecule has 0 fully saturated rings. The van der Waals surface area contributed by atoms with Crippen LogP contribution in [0.2, 0.25) is 0 Å². The smallest absolute Gasteiger partial charge is 0.140 e. The Kier molecular flexibility index (Phi) is 23.1. The Morgan fingerprint density at radius 1 is 0.411 bits per heavy atom. The number of rotatable bonds is 4. The molecule has 0 aliphatic carbocycles. The number of hydrogen-bond donors (Lipinski definition) is 0. The number of aromatic nitrogens is 8. The Bertz CT molecular complexity index is 2020. The topological polar surface area (TPSA) is 69.2 Å². The number of pyridine rings is 4. The molecule has 0 saturated carbocycles. The fourth-order valence-corrected chi connectivity index (χ4v) is 5.43.